The van der Waals surface area contributed by atoms with Gasteiger partial charge in [-0.15, -0.1) is 0 Å². The maximum absolute atomic E-state index is 5.74. The molecule has 2 aromatic rings. The van der Waals surface area contributed by atoms with E-state index in [1.807, 2.05) is 24.5 Å². The van der Waals surface area contributed by atoms with Gasteiger partial charge in [-0.2, -0.15) is 0 Å². The SMILES string of the molecule is c1ccc(CN2CCOC[C@@H](Cc3cnccn3)C2)nc1. The predicted molar refractivity (Wildman–Crippen MR) is 79.6 cm³/mol. The first-order chi connectivity index (χ1) is 10.4. The van der Waals surface area contributed by atoms with E-state index in [2.05, 4.69) is 25.9 Å². The summed E-state index contributed by atoms with van der Waals surface area (Å²) in [5, 5.41) is 0. The summed E-state index contributed by atoms with van der Waals surface area (Å²) in [6.07, 6.45) is 8.06. The molecule has 0 bridgehead atoms. The molecular weight excluding hydrogens is 264 g/mol. The number of ether oxygens (including phenoxy) is 1. The Morgan fingerprint density at radius 2 is 2.10 bits per heavy atom. The van der Waals surface area contributed by atoms with E-state index in [1.54, 1.807) is 12.4 Å². The van der Waals surface area contributed by atoms with Crippen molar-refractivity contribution in [1.82, 2.24) is 19.9 Å². The van der Waals surface area contributed by atoms with Gasteiger partial charge in [-0.1, -0.05) is 6.07 Å². The van der Waals surface area contributed by atoms with Crippen LogP contribution >= 0.6 is 0 Å². The minimum atomic E-state index is 0.452. The topological polar surface area (TPSA) is 51.1 Å². The zero-order valence-electron chi connectivity index (χ0n) is 12.1. The van der Waals surface area contributed by atoms with E-state index >= 15 is 0 Å². The molecule has 0 saturated carbocycles. The lowest BCUT2D eigenvalue weighted by atomic mass is 10.0. The van der Waals surface area contributed by atoms with Crippen molar-refractivity contribution < 1.29 is 4.74 Å². The zero-order valence-corrected chi connectivity index (χ0v) is 12.1. The number of aromatic nitrogens is 3. The molecule has 1 atom stereocenters. The summed E-state index contributed by atoms with van der Waals surface area (Å²) in [7, 11) is 0. The fourth-order valence-corrected chi connectivity index (χ4v) is 2.67. The van der Waals surface area contributed by atoms with Gasteiger partial charge in [0.05, 0.1) is 24.6 Å². The van der Waals surface area contributed by atoms with Gasteiger partial charge in [-0.25, -0.2) is 0 Å². The van der Waals surface area contributed by atoms with Crippen molar-refractivity contribution in [1.29, 1.82) is 0 Å². The first kappa shape index (κ1) is 14.1. The average molecular weight is 284 g/mol. The second-order valence-electron chi connectivity index (χ2n) is 5.40. The Kier molecular flexibility index (Phi) is 4.86. The Labute approximate surface area is 125 Å². The third-order valence-corrected chi connectivity index (χ3v) is 3.65. The molecule has 0 radical (unpaired) electrons. The first-order valence-electron chi connectivity index (χ1n) is 7.35. The summed E-state index contributed by atoms with van der Waals surface area (Å²) in [6.45, 7) is 4.40. The highest BCUT2D eigenvalue weighted by molar-refractivity contribution is 5.03. The summed E-state index contributed by atoms with van der Waals surface area (Å²) >= 11 is 0. The molecule has 1 aliphatic rings. The van der Waals surface area contributed by atoms with Gasteiger partial charge in [0, 0.05) is 50.3 Å². The third kappa shape index (κ3) is 4.31. The normalized spacial score (nSPS) is 20.1. The Balaban J connectivity index is 1.61. The summed E-state index contributed by atoms with van der Waals surface area (Å²) in [4.78, 5) is 15.3. The van der Waals surface area contributed by atoms with Crippen molar-refractivity contribution in [2.75, 3.05) is 26.3 Å². The fourth-order valence-electron chi connectivity index (χ4n) is 2.67. The van der Waals surface area contributed by atoms with E-state index in [0.717, 1.165) is 50.7 Å². The fraction of sp³-hybridized carbons (Fsp3) is 0.438. The summed E-state index contributed by atoms with van der Waals surface area (Å²) in [5.74, 6) is 0.452. The van der Waals surface area contributed by atoms with E-state index in [-0.39, 0.29) is 0 Å². The second kappa shape index (κ2) is 7.24. The van der Waals surface area contributed by atoms with Crippen molar-refractivity contribution in [3.05, 3.63) is 54.4 Å². The van der Waals surface area contributed by atoms with Gasteiger partial charge in [0.1, 0.15) is 0 Å². The standard InChI is InChI=1S/C16H20N4O/c1-2-4-18-15(3-1)12-20-7-8-21-13-14(11-20)9-16-10-17-5-6-19-16/h1-6,10,14H,7-9,11-13H2/t14-/m0/s1. The van der Waals surface area contributed by atoms with Gasteiger partial charge < -0.3 is 4.74 Å². The van der Waals surface area contributed by atoms with Crippen LogP contribution in [0.5, 0.6) is 0 Å². The number of nitrogens with zero attached hydrogens (tertiary/aromatic N) is 4. The number of hydrogen-bond acceptors (Lipinski definition) is 5. The molecule has 2 aromatic heterocycles. The van der Waals surface area contributed by atoms with Gasteiger partial charge in [0.2, 0.25) is 0 Å². The van der Waals surface area contributed by atoms with Crippen LogP contribution in [0.25, 0.3) is 0 Å². The first-order valence-corrected chi connectivity index (χ1v) is 7.35. The highest BCUT2D eigenvalue weighted by Crippen LogP contribution is 2.14. The van der Waals surface area contributed by atoms with Gasteiger partial charge in [-0.3, -0.25) is 19.9 Å². The summed E-state index contributed by atoms with van der Waals surface area (Å²) in [6, 6.07) is 6.06. The van der Waals surface area contributed by atoms with Crippen molar-refractivity contribution in [3.63, 3.8) is 0 Å². The van der Waals surface area contributed by atoms with E-state index in [4.69, 9.17) is 4.74 Å². The molecule has 3 rings (SSSR count). The van der Waals surface area contributed by atoms with E-state index < -0.39 is 0 Å². The van der Waals surface area contributed by atoms with E-state index in [1.165, 1.54) is 0 Å². The molecule has 0 N–H and O–H groups in total. The minimum absolute atomic E-state index is 0.452. The van der Waals surface area contributed by atoms with Crippen LogP contribution in [-0.2, 0) is 17.7 Å². The number of rotatable bonds is 4. The van der Waals surface area contributed by atoms with Crippen LogP contribution in [0.1, 0.15) is 11.4 Å². The number of pyridine rings is 1. The lowest BCUT2D eigenvalue weighted by Crippen LogP contribution is -2.30. The monoisotopic (exact) mass is 284 g/mol. The molecule has 0 aromatic carbocycles. The van der Waals surface area contributed by atoms with Crippen LogP contribution in [-0.4, -0.2) is 46.2 Å². The van der Waals surface area contributed by atoms with Gasteiger partial charge in [0.25, 0.3) is 0 Å². The zero-order chi connectivity index (χ0) is 14.3. The molecular formula is C16H20N4O. The third-order valence-electron chi connectivity index (χ3n) is 3.65. The van der Waals surface area contributed by atoms with Crippen molar-refractivity contribution in [2.24, 2.45) is 5.92 Å². The van der Waals surface area contributed by atoms with Crippen LogP contribution in [0.3, 0.4) is 0 Å². The van der Waals surface area contributed by atoms with Crippen LogP contribution in [0.15, 0.2) is 43.0 Å². The Morgan fingerprint density at radius 1 is 1.14 bits per heavy atom. The lowest BCUT2D eigenvalue weighted by molar-refractivity contribution is 0.121. The van der Waals surface area contributed by atoms with Crippen molar-refractivity contribution in [3.8, 4) is 0 Å². The van der Waals surface area contributed by atoms with Crippen LogP contribution in [0.2, 0.25) is 0 Å². The Morgan fingerprint density at radius 3 is 2.90 bits per heavy atom. The van der Waals surface area contributed by atoms with Crippen LogP contribution < -0.4 is 0 Å². The molecule has 21 heavy (non-hydrogen) atoms. The van der Waals surface area contributed by atoms with Gasteiger partial charge >= 0.3 is 0 Å². The quantitative estimate of drug-likeness (QED) is 0.853. The van der Waals surface area contributed by atoms with Crippen LogP contribution in [0.4, 0.5) is 0 Å². The predicted octanol–water partition coefficient (Wildman–Crippen LogP) is 1.56. The van der Waals surface area contributed by atoms with Crippen LogP contribution in [0, 0.1) is 5.92 Å². The lowest BCUT2D eigenvalue weighted by Gasteiger charge is -2.22. The molecule has 0 aliphatic carbocycles. The molecule has 110 valence electrons. The van der Waals surface area contributed by atoms with E-state index in [0.29, 0.717) is 5.92 Å². The molecule has 0 spiro atoms. The average Bonchev–Trinajstić information content (AvgIpc) is 2.74. The molecule has 5 nitrogen and oxygen atoms in total. The van der Waals surface area contributed by atoms with Gasteiger partial charge in [0.15, 0.2) is 0 Å². The summed E-state index contributed by atoms with van der Waals surface area (Å²) < 4.78 is 5.74. The molecule has 5 heteroatoms. The molecule has 0 amide bonds. The Bertz CT molecular complexity index is 485. The van der Waals surface area contributed by atoms with E-state index in [9.17, 15) is 0 Å². The number of hydrogen-bond donors (Lipinski definition) is 0. The second-order valence-corrected chi connectivity index (χ2v) is 5.40. The maximum atomic E-state index is 5.74. The van der Waals surface area contributed by atoms with Crippen molar-refractivity contribution >= 4 is 0 Å². The summed E-state index contributed by atoms with van der Waals surface area (Å²) in [5.41, 5.74) is 2.14. The molecule has 1 saturated heterocycles. The van der Waals surface area contributed by atoms with Gasteiger partial charge in [-0.05, 0) is 18.6 Å². The van der Waals surface area contributed by atoms with Crippen molar-refractivity contribution in [2.45, 2.75) is 13.0 Å². The minimum Gasteiger partial charge on any atom is -0.380 e. The maximum Gasteiger partial charge on any atom is 0.0593 e. The highest BCUT2D eigenvalue weighted by Gasteiger charge is 2.20. The Hall–Kier alpha value is -1.85. The largest absolute Gasteiger partial charge is 0.380 e. The molecule has 1 fully saturated rings. The highest BCUT2D eigenvalue weighted by atomic mass is 16.5. The molecule has 1 aliphatic heterocycles. The molecule has 0 unspecified atom stereocenters. The smallest absolute Gasteiger partial charge is 0.0593 e. The molecule has 3 heterocycles.